The quantitative estimate of drug-likeness (QED) is 0.0174. The average Bonchev–Trinajstić information content (AvgIpc) is 3.32. The molecular formula is C39H64N4O25. The molecule has 68 heavy (non-hydrogen) atoms. The summed E-state index contributed by atoms with van der Waals surface area (Å²) in [7, 11) is 0. The Labute approximate surface area is 388 Å². The Morgan fingerprint density at radius 2 is 1.10 bits per heavy atom. The van der Waals surface area contributed by atoms with Crippen molar-refractivity contribution < 1.29 is 123 Å². The molecule has 0 aromatic rings. The number of hydrogen-bond donors (Lipinski definition) is 13. The molecule has 0 aromatic carbocycles. The Morgan fingerprint density at radius 3 is 1.63 bits per heavy atom. The van der Waals surface area contributed by atoms with Crippen LogP contribution in [0.1, 0.15) is 38.5 Å². The van der Waals surface area contributed by atoms with E-state index in [-0.39, 0.29) is 25.9 Å². The summed E-state index contributed by atoms with van der Waals surface area (Å²) < 4.78 is 40.8. The molecule has 0 bridgehead atoms. The number of morpholine rings is 1. The van der Waals surface area contributed by atoms with Gasteiger partial charge in [0.2, 0.25) is 0 Å². The third kappa shape index (κ3) is 17.2. The van der Waals surface area contributed by atoms with Gasteiger partial charge in [0.05, 0.1) is 57.8 Å². The van der Waals surface area contributed by atoms with Gasteiger partial charge in [-0.1, -0.05) is 0 Å². The Morgan fingerprint density at radius 1 is 0.618 bits per heavy atom. The molecule has 15 unspecified atom stereocenters. The number of rotatable bonds is 31. The van der Waals surface area contributed by atoms with Gasteiger partial charge in [0.25, 0.3) is 0 Å². The number of aliphatic hydroxyl groups excluding tert-OH is 7. The smallest absolute Gasteiger partial charge is 0.303 e. The lowest BCUT2D eigenvalue weighted by Gasteiger charge is -2.48. The summed E-state index contributed by atoms with van der Waals surface area (Å²) in [6.45, 7) is 0.827. The predicted molar refractivity (Wildman–Crippen MR) is 217 cm³/mol. The third-order valence-corrected chi connectivity index (χ3v) is 11.4. The Bertz CT molecular complexity index is 1570. The fourth-order valence-electron chi connectivity index (χ4n) is 7.49. The Kier molecular flexibility index (Phi) is 24.5. The third-order valence-electron chi connectivity index (χ3n) is 11.4. The minimum atomic E-state index is -2.08. The van der Waals surface area contributed by atoms with Crippen molar-refractivity contribution in [2.45, 2.75) is 149 Å². The number of ether oxygens (including phenoxy) is 7. The van der Waals surface area contributed by atoms with Gasteiger partial charge in [0.15, 0.2) is 12.6 Å². The highest BCUT2D eigenvalue weighted by molar-refractivity contribution is 5.69. The van der Waals surface area contributed by atoms with Crippen molar-refractivity contribution >= 4 is 36.8 Å². The fourth-order valence-corrected chi connectivity index (χ4v) is 7.49. The number of nitrogens with one attached hydrogen (secondary N) is 3. The number of carbonyl (C=O) groups excluding carboxylic acids is 3. The van der Waals surface area contributed by atoms with E-state index < -0.39 is 167 Å². The van der Waals surface area contributed by atoms with Crippen molar-refractivity contribution in [2.75, 3.05) is 59.3 Å². The van der Waals surface area contributed by atoms with Crippen molar-refractivity contribution in [2.24, 2.45) is 0 Å². The largest absolute Gasteiger partial charge is 0.481 e. The van der Waals surface area contributed by atoms with Gasteiger partial charge in [-0.3, -0.25) is 34.3 Å². The first-order valence-corrected chi connectivity index (χ1v) is 21.9. The molecular weight excluding hydrogens is 924 g/mol. The Hall–Kier alpha value is -3.38. The molecule has 4 fully saturated rings. The molecule has 29 heteroatoms. The van der Waals surface area contributed by atoms with Crippen molar-refractivity contribution in [3.8, 4) is 0 Å². The maximum absolute atomic E-state index is 11.7. The summed E-state index contributed by atoms with van der Waals surface area (Å²) in [5, 5.41) is 108. The van der Waals surface area contributed by atoms with Crippen LogP contribution in [-0.2, 0) is 71.6 Å². The number of aliphatic hydroxyl groups is 7. The zero-order chi connectivity index (χ0) is 49.9. The predicted octanol–water partition coefficient (Wildman–Crippen LogP) is -7.26. The van der Waals surface area contributed by atoms with Crippen LogP contribution in [0.5, 0.6) is 0 Å². The molecule has 4 heterocycles. The average molecular weight is 989 g/mol. The first-order chi connectivity index (χ1) is 32.5. The molecule has 4 rings (SSSR count). The van der Waals surface area contributed by atoms with Crippen LogP contribution in [0.2, 0.25) is 0 Å². The van der Waals surface area contributed by atoms with E-state index in [2.05, 4.69) is 16.3 Å². The second kappa shape index (κ2) is 29.1. The Balaban J connectivity index is 1.54. The van der Waals surface area contributed by atoms with Gasteiger partial charge in [0, 0.05) is 38.9 Å². The van der Waals surface area contributed by atoms with Crippen molar-refractivity contribution in [1.82, 2.24) is 21.2 Å². The van der Waals surface area contributed by atoms with Crippen LogP contribution in [0, 0.1) is 0 Å². The van der Waals surface area contributed by atoms with Crippen LogP contribution in [0.3, 0.4) is 0 Å². The zero-order valence-electron chi connectivity index (χ0n) is 36.8. The van der Waals surface area contributed by atoms with Crippen molar-refractivity contribution in [3.05, 3.63) is 0 Å². The van der Waals surface area contributed by atoms with E-state index in [0.29, 0.717) is 51.7 Å². The highest BCUT2D eigenvalue weighted by Gasteiger charge is 2.54. The summed E-state index contributed by atoms with van der Waals surface area (Å²) >= 11 is 0. The topological polar surface area (TPSA) is 427 Å². The molecule has 4 aliphatic rings. The summed E-state index contributed by atoms with van der Waals surface area (Å²) in [6.07, 6.45) is -27.6. The molecule has 0 amide bonds. The summed E-state index contributed by atoms with van der Waals surface area (Å²) in [4.78, 5) is 81.1. The minimum absolute atomic E-state index is 0.0928. The van der Waals surface area contributed by atoms with Gasteiger partial charge in [-0.05, 0) is 19.3 Å². The molecule has 390 valence electrons. The fraction of sp³-hybridized carbons (Fsp3) is 0.846. The maximum Gasteiger partial charge on any atom is 0.303 e. The molecule has 4 saturated heterocycles. The molecule has 13 N–H and O–H groups in total. The van der Waals surface area contributed by atoms with Crippen molar-refractivity contribution in [1.29, 1.82) is 0 Å². The molecule has 0 aliphatic carbocycles. The highest BCUT2D eigenvalue weighted by atomic mass is 16.8. The summed E-state index contributed by atoms with van der Waals surface area (Å²) in [5.74, 6) is -3.63. The SMILES string of the molecule is O=C[C@H](CCC(=O)O)NOCC1OC(OC2C(COCCN3CCOCC3)OC(OC3C(CO)OC(N[C@H](C=O)CCC(=O)O)C(O)C3O)C(O)C2O)C(O)C(O)C1ON[C@H](C=O)CCC(=O)O. The normalized spacial score (nSPS) is 34.9. The first-order valence-electron chi connectivity index (χ1n) is 21.9. The van der Waals surface area contributed by atoms with E-state index in [1.54, 1.807) is 0 Å². The number of carboxylic acid groups (broad SMARTS) is 3. The number of carbonyl (C=O) groups is 6. The van der Waals surface area contributed by atoms with Crippen LogP contribution in [0.25, 0.3) is 0 Å². The van der Waals surface area contributed by atoms with E-state index >= 15 is 0 Å². The number of hydroxylamine groups is 2. The molecule has 0 radical (unpaired) electrons. The summed E-state index contributed by atoms with van der Waals surface area (Å²) in [5.41, 5.74) is 4.66. The molecule has 18 atom stereocenters. The molecule has 0 spiro atoms. The second-order valence-electron chi connectivity index (χ2n) is 16.4. The number of hydrogen-bond acceptors (Lipinski definition) is 26. The van der Waals surface area contributed by atoms with Crippen LogP contribution < -0.4 is 16.3 Å². The molecule has 29 nitrogen and oxygen atoms in total. The van der Waals surface area contributed by atoms with Gasteiger partial charge >= 0.3 is 17.9 Å². The van der Waals surface area contributed by atoms with Crippen molar-refractivity contribution in [3.63, 3.8) is 0 Å². The van der Waals surface area contributed by atoms with Crippen LogP contribution in [0.4, 0.5) is 0 Å². The standard InChI is InChI=1S/C39H64N4O25/c44-13-19(1-4-25(48)49)40-37-31(57)28(54)34(22(16-47)63-37)66-38-32(58)29(55)35(23(64-38)17-61-12-9-43-7-10-60-11-8-43)67-39-33(59)30(56)36(68-42-21(15-46)3-6-27(52)53)24(65-39)18-62-41-20(14-45)2-5-26(50)51/h13-15,19-24,28-42,47,54-59H,1-12,16-18H2,(H,48,49)(H,50,51)(H,52,53)/t19-,20-,21-,22?,23?,24?,28?,29?,30?,31?,32?,33?,34?,35?,36?,37?,38?,39?/m0/s1. The first kappa shape index (κ1) is 57.2. The lowest BCUT2D eigenvalue weighted by atomic mass is 9.95. The number of nitrogens with zero attached hydrogens (tertiary/aromatic N) is 1. The van der Waals surface area contributed by atoms with E-state index in [1.165, 1.54) is 0 Å². The number of aldehydes is 3. The highest BCUT2D eigenvalue weighted by Crippen LogP contribution is 2.33. The van der Waals surface area contributed by atoms with Gasteiger partial charge in [-0.15, -0.1) is 0 Å². The van der Waals surface area contributed by atoms with Crippen LogP contribution in [-0.4, -0.2) is 262 Å². The lowest BCUT2D eigenvalue weighted by Crippen LogP contribution is -2.68. The van der Waals surface area contributed by atoms with E-state index in [1.807, 2.05) is 4.90 Å². The number of carboxylic acids is 3. The van der Waals surface area contributed by atoms with Gasteiger partial charge in [-0.2, -0.15) is 11.0 Å². The molecule has 4 aliphatic heterocycles. The van der Waals surface area contributed by atoms with Crippen LogP contribution in [0.15, 0.2) is 0 Å². The van der Waals surface area contributed by atoms with E-state index in [9.17, 15) is 64.5 Å². The van der Waals surface area contributed by atoms with Gasteiger partial charge in [0.1, 0.15) is 98.3 Å². The molecule has 0 saturated carbocycles. The van der Waals surface area contributed by atoms with Crippen LogP contribution >= 0.6 is 0 Å². The minimum Gasteiger partial charge on any atom is -0.481 e. The van der Waals surface area contributed by atoms with E-state index in [4.69, 9.17) is 58.2 Å². The molecule has 0 aromatic heterocycles. The number of aliphatic carboxylic acids is 3. The monoisotopic (exact) mass is 988 g/mol. The van der Waals surface area contributed by atoms with Gasteiger partial charge < -0.3 is 98.6 Å². The summed E-state index contributed by atoms with van der Waals surface area (Å²) in [6, 6.07) is -3.51. The zero-order valence-corrected chi connectivity index (χ0v) is 36.8. The second-order valence-corrected chi connectivity index (χ2v) is 16.4. The van der Waals surface area contributed by atoms with E-state index in [0.717, 1.165) is 0 Å². The maximum atomic E-state index is 11.7. The van der Waals surface area contributed by atoms with Gasteiger partial charge in [-0.25, -0.2) is 0 Å². The lowest BCUT2D eigenvalue weighted by molar-refractivity contribution is -0.377.